The molecule has 0 saturated heterocycles. The van der Waals surface area contributed by atoms with Crippen LogP contribution >= 0.6 is 11.6 Å². The first kappa shape index (κ1) is 11.2. The molecule has 3 N–H and O–H groups in total. The quantitative estimate of drug-likeness (QED) is 0.616. The molecule has 0 spiro atoms. The van der Waals surface area contributed by atoms with Crippen LogP contribution in [-0.2, 0) is 0 Å². The maximum absolute atomic E-state index is 12.0. The highest BCUT2D eigenvalue weighted by molar-refractivity contribution is 6.33. The molecule has 1 amide bonds. The number of hydrazine groups is 1. The normalized spacial score (nSPS) is 14.7. The first-order chi connectivity index (χ1) is 7.63. The first-order valence-electron chi connectivity index (χ1n) is 5.04. The molecule has 0 aliphatic heterocycles. The Bertz CT molecular complexity index is 419. The minimum atomic E-state index is -0.162. The summed E-state index contributed by atoms with van der Waals surface area (Å²) in [5.74, 6) is 5.50. The molecule has 6 heteroatoms. The molecule has 16 heavy (non-hydrogen) atoms. The molecule has 86 valence electrons. The molecule has 1 aliphatic carbocycles. The zero-order chi connectivity index (χ0) is 11.7. The second-order valence-electron chi connectivity index (χ2n) is 3.82. The molecule has 1 aromatic rings. The molecule has 2 rings (SSSR count). The third-order valence-corrected chi connectivity index (χ3v) is 2.92. The molecular weight excluding hydrogens is 228 g/mol. The van der Waals surface area contributed by atoms with Crippen molar-refractivity contribution >= 4 is 23.3 Å². The van der Waals surface area contributed by atoms with Gasteiger partial charge in [0.1, 0.15) is 11.5 Å². The van der Waals surface area contributed by atoms with Gasteiger partial charge in [0, 0.05) is 13.1 Å². The lowest BCUT2D eigenvalue weighted by Crippen LogP contribution is -2.30. The fourth-order valence-corrected chi connectivity index (χ4v) is 1.65. The maximum Gasteiger partial charge on any atom is 0.274 e. The highest BCUT2D eigenvalue weighted by Crippen LogP contribution is 2.28. The SMILES string of the molecule is CN(C(=O)c1nc(NN)ccc1Cl)C1CC1. The van der Waals surface area contributed by atoms with Crippen molar-refractivity contribution in [3.05, 3.63) is 22.8 Å². The van der Waals surface area contributed by atoms with E-state index in [4.69, 9.17) is 17.4 Å². The van der Waals surface area contributed by atoms with E-state index < -0.39 is 0 Å². The average Bonchev–Trinajstić information content (AvgIpc) is 3.12. The number of pyridine rings is 1. The van der Waals surface area contributed by atoms with Crippen molar-refractivity contribution in [2.24, 2.45) is 5.84 Å². The monoisotopic (exact) mass is 240 g/mol. The standard InChI is InChI=1S/C10H13ClN4O/c1-15(6-2-3-6)10(16)9-7(11)4-5-8(13-9)14-12/h4-6H,2-3,12H2,1H3,(H,13,14). The van der Waals surface area contributed by atoms with E-state index >= 15 is 0 Å². The largest absolute Gasteiger partial charge is 0.337 e. The van der Waals surface area contributed by atoms with Gasteiger partial charge in [-0.2, -0.15) is 0 Å². The van der Waals surface area contributed by atoms with E-state index in [1.807, 2.05) is 0 Å². The first-order valence-corrected chi connectivity index (χ1v) is 5.41. The molecule has 5 nitrogen and oxygen atoms in total. The van der Waals surface area contributed by atoms with Crippen LogP contribution in [0.3, 0.4) is 0 Å². The van der Waals surface area contributed by atoms with Crippen molar-refractivity contribution in [3.63, 3.8) is 0 Å². The number of nitrogens with one attached hydrogen (secondary N) is 1. The van der Waals surface area contributed by atoms with E-state index in [1.54, 1.807) is 24.1 Å². The van der Waals surface area contributed by atoms with E-state index in [9.17, 15) is 4.79 Å². The fraction of sp³-hybridized carbons (Fsp3) is 0.400. The zero-order valence-electron chi connectivity index (χ0n) is 8.90. The van der Waals surface area contributed by atoms with Crippen molar-refractivity contribution in [1.82, 2.24) is 9.88 Å². The van der Waals surface area contributed by atoms with Gasteiger partial charge >= 0.3 is 0 Å². The number of rotatable bonds is 3. The summed E-state index contributed by atoms with van der Waals surface area (Å²) in [6, 6.07) is 3.56. The van der Waals surface area contributed by atoms with Gasteiger partial charge < -0.3 is 10.3 Å². The van der Waals surface area contributed by atoms with Crippen LogP contribution < -0.4 is 11.3 Å². The van der Waals surface area contributed by atoms with Crippen LogP contribution in [0.1, 0.15) is 23.3 Å². The van der Waals surface area contributed by atoms with Crippen molar-refractivity contribution < 1.29 is 4.79 Å². The Labute approximate surface area is 98.6 Å². The Morgan fingerprint density at radius 3 is 2.88 bits per heavy atom. The lowest BCUT2D eigenvalue weighted by Gasteiger charge is -2.16. The van der Waals surface area contributed by atoms with Gasteiger partial charge in [-0.15, -0.1) is 0 Å². The number of amides is 1. The molecule has 0 bridgehead atoms. The Balaban J connectivity index is 2.27. The topological polar surface area (TPSA) is 71.2 Å². The summed E-state index contributed by atoms with van der Waals surface area (Å²) in [6.07, 6.45) is 2.10. The van der Waals surface area contributed by atoms with Gasteiger partial charge in [0.15, 0.2) is 0 Å². The highest BCUT2D eigenvalue weighted by Gasteiger charge is 2.31. The Hall–Kier alpha value is -1.33. The van der Waals surface area contributed by atoms with Crippen molar-refractivity contribution in [2.45, 2.75) is 18.9 Å². The molecular formula is C10H13ClN4O. The number of nitrogens with two attached hydrogens (primary N) is 1. The van der Waals surface area contributed by atoms with Crippen LogP contribution in [0.15, 0.2) is 12.1 Å². The Kier molecular flexibility index (Phi) is 2.98. The Morgan fingerprint density at radius 1 is 1.62 bits per heavy atom. The van der Waals surface area contributed by atoms with Gasteiger partial charge in [-0.3, -0.25) is 4.79 Å². The van der Waals surface area contributed by atoms with E-state index in [2.05, 4.69) is 10.4 Å². The second kappa shape index (κ2) is 4.27. The van der Waals surface area contributed by atoms with Gasteiger partial charge in [0.25, 0.3) is 5.91 Å². The Morgan fingerprint density at radius 2 is 2.31 bits per heavy atom. The van der Waals surface area contributed by atoms with Crippen molar-refractivity contribution in [1.29, 1.82) is 0 Å². The predicted octanol–water partition coefficient (Wildman–Crippen LogP) is 1.25. The summed E-state index contributed by atoms with van der Waals surface area (Å²) >= 11 is 5.94. The summed E-state index contributed by atoms with van der Waals surface area (Å²) in [5.41, 5.74) is 2.63. The van der Waals surface area contributed by atoms with Crippen LogP contribution in [0.25, 0.3) is 0 Å². The molecule has 0 aromatic carbocycles. The molecule has 1 fully saturated rings. The average molecular weight is 241 g/mol. The molecule has 1 heterocycles. The molecule has 0 radical (unpaired) electrons. The highest BCUT2D eigenvalue weighted by atomic mass is 35.5. The maximum atomic E-state index is 12.0. The van der Waals surface area contributed by atoms with Gasteiger partial charge in [-0.1, -0.05) is 11.6 Å². The van der Waals surface area contributed by atoms with E-state index in [0.29, 0.717) is 16.9 Å². The molecule has 1 saturated carbocycles. The third kappa shape index (κ3) is 2.10. The van der Waals surface area contributed by atoms with Crippen LogP contribution in [0.5, 0.6) is 0 Å². The van der Waals surface area contributed by atoms with Crippen molar-refractivity contribution in [3.8, 4) is 0 Å². The number of nitrogen functional groups attached to an aromatic ring is 1. The van der Waals surface area contributed by atoms with Gasteiger partial charge in [-0.25, -0.2) is 10.8 Å². The summed E-state index contributed by atoms with van der Waals surface area (Å²) in [7, 11) is 1.76. The summed E-state index contributed by atoms with van der Waals surface area (Å²) < 4.78 is 0. The summed E-state index contributed by atoms with van der Waals surface area (Å²) in [6.45, 7) is 0. The molecule has 1 aromatic heterocycles. The fourth-order valence-electron chi connectivity index (χ4n) is 1.47. The minimum absolute atomic E-state index is 0.162. The molecule has 0 unspecified atom stereocenters. The van der Waals surface area contributed by atoms with Gasteiger partial charge in [-0.05, 0) is 25.0 Å². The third-order valence-electron chi connectivity index (χ3n) is 2.61. The van der Waals surface area contributed by atoms with Crippen LogP contribution in [0.2, 0.25) is 5.02 Å². The van der Waals surface area contributed by atoms with Crippen LogP contribution in [0.4, 0.5) is 5.82 Å². The van der Waals surface area contributed by atoms with Gasteiger partial charge in [0.05, 0.1) is 5.02 Å². The number of hydrogen-bond donors (Lipinski definition) is 2. The number of hydrogen-bond acceptors (Lipinski definition) is 4. The van der Waals surface area contributed by atoms with Gasteiger partial charge in [0.2, 0.25) is 0 Å². The molecule has 0 atom stereocenters. The number of aromatic nitrogens is 1. The summed E-state index contributed by atoms with van der Waals surface area (Å²) in [5, 5.41) is 0.344. The van der Waals surface area contributed by atoms with Crippen molar-refractivity contribution in [2.75, 3.05) is 12.5 Å². The zero-order valence-corrected chi connectivity index (χ0v) is 9.66. The second-order valence-corrected chi connectivity index (χ2v) is 4.23. The predicted molar refractivity (Wildman–Crippen MR) is 62.2 cm³/mol. The van der Waals surface area contributed by atoms with E-state index in [0.717, 1.165) is 12.8 Å². The van der Waals surface area contributed by atoms with E-state index in [1.165, 1.54) is 0 Å². The number of carbonyl (C=O) groups is 1. The number of carbonyl (C=O) groups excluding carboxylic acids is 1. The smallest absolute Gasteiger partial charge is 0.274 e. The van der Waals surface area contributed by atoms with Crippen LogP contribution in [-0.4, -0.2) is 28.9 Å². The number of anilines is 1. The minimum Gasteiger partial charge on any atom is -0.337 e. The van der Waals surface area contributed by atoms with Crippen LogP contribution in [0, 0.1) is 0 Å². The molecule has 1 aliphatic rings. The lowest BCUT2D eigenvalue weighted by molar-refractivity contribution is 0.0779. The lowest BCUT2D eigenvalue weighted by atomic mass is 10.3. The number of halogens is 1. The summed E-state index contributed by atoms with van der Waals surface area (Å²) in [4.78, 5) is 17.8. The number of nitrogens with zero attached hydrogens (tertiary/aromatic N) is 2. The van der Waals surface area contributed by atoms with E-state index in [-0.39, 0.29) is 11.6 Å².